The molecule has 3 nitrogen and oxygen atoms in total. The first-order valence-electron chi connectivity index (χ1n) is 7.18. The molecule has 1 unspecified atom stereocenters. The molecular formula is C15H17F3N2O. The van der Waals surface area contributed by atoms with Crippen LogP contribution in [0.3, 0.4) is 0 Å². The summed E-state index contributed by atoms with van der Waals surface area (Å²) in [6.45, 7) is 0. The average Bonchev–Trinajstić information content (AvgIpc) is 2.94. The minimum absolute atomic E-state index is 0.0793. The van der Waals surface area contributed by atoms with Crippen molar-refractivity contribution in [3.05, 3.63) is 35.9 Å². The number of alkyl halides is 3. The average molecular weight is 298 g/mol. The summed E-state index contributed by atoms with van der Waals surface area (Å²) in [5, 5.41) is 10.6. The Bertz CT molecular complexity index is 629. The van der Waals surface area contributed by atoms with Gasteiger partial charge in [-0.15, -0.1) is 0 Å². The van der Waals surface area contributed by atoms with Gasteiger partial charge in [0.05, 0.1) is 35.4 Å². The smallest absolute Gasteiger partial charge is 0.387 e. The van der Waals surface area contributed by atoms with Gasteiger partial charge >= 0.3 is 6.18 Å². The van der Waals surface area contributed by atoms with Crippen molar-refractivity contribution in [1.82, 2.24) is 9.38 Å². The second-order valence-corrected chi connectivity index (χ2v) is 5.66. The number of hydrogen-bond acceptors (Lipinski definition) is 2. The number of halogens is 3. The number of aliphatic hydroxyl groups is 1. The Hall–Kier alpha value is -1.56. The number of fused-ring (bicyclic) bond motifs is 1. The van der Waals surface area contributed by atoms with Gasteiger partial charge in [-0.3, -0.25) is 4.40 Å². The first kappa shape index (κ1) is 14.4. The van der Waals surface area contributed by atoms with Gasteiger partial charge in [-0.05, 0) is 30.9 Å². The number of rotatable bonds is 2. The van der Waals surface area contributed by atoms with E-state index in [0.29, 0.717) is 5.52 Å². The third-order valence-electron chi connectivity index (χ3n) is 4.31. The zero-order chi connectivity index (χ0) is 15.0. The molecule has 114 valence electrons. The largest absolute Gasteiger partial charge is 0.418 e. The zero-order valence-electron chi connectivity index (χ0n) is 11.5. The van der Waals surface area contributed by atoms with Crippen molar-refractivity contribution in [2.45, 2.75) is 44.4 Å². The number of imidazole rings is 1. The molecule has 2 heterocycles. The second-order valence-electron chi connectivity index (χ2n) is 5.66. The molecule has 3 rings (SSSR count). The van der Waals surface area contributed by atoms with Crippen molar-refractivity contribution >= 4 is 5.52 Å². The topological polar surface area (TPSA) is 37.5 Å². The van der Waals surface area contributed by atoms with Crippen LogP contribution in [0.15, 0.2) is 24.7 Å². The predicted molar refractivity (Wildman–Crippen MR) is 71.7 cm³/mol. The fourth-order valence-corrected chi connectivity index (χ4v) is 3.23. The first-order chi connectivity index (χ1) is 9.98. The van der Waals surface area contributed by atoms with Crippen LogP contribution in [0.25, 0.3) is 5.52 Å². The van der Waals surface area contributed by atoms with Crippen LogP contribution in [0.5, 0.6) is 0 Å². The van der Waals surface area contributed by atoms with E-state index in [2.05, 4.69) is 4.98 Å². The molecule has 0 saturated heterocycles. The molecule has 2 aromatic heterocycles. The number of aromatic nitrogens is 2. The number of nitrogens with zero attached hydrogens (tertiary/aromatic N) is 2. The maximum atomic E-state index is 13.3. The van der Waals surface area contributed by atoms with Crippen LogP contribution in [-0.4, -0.2) is 14.5 Å². The summed E-state index contributed by atoms with van der Waals surface area (Å²) in [6, 6.07) is 2.42. The highest BCUT2D eigenvalue weighted by Crippen LogP contribution is 2.40. The van der Waals surface area contributed by atoms with Gasteiger partial charge in [0.15, 0.2) is 0 Å². The highest BCUT2D eigenvalue weighted by Gasteiger charge is 2.38. The highest BCUT2D eigenvalue weighted by molar-refractivity contribution is 5.49. The van der Waals surface area contributed by atoms with Crippen molar-refractivity contribution in [3.8, 4) is 0 Å². The molecule has 21 heavy (non-hydrogen) atoms. The second kappa shape index (κ2) is 5.33. The summed E-state index contributed by atoms with van der Waals surface area (Å²) in [7, 11) is 0. The fraction of sp³-hybridized carbons (Fsp3) is 0.533. The summed E-state index contributed by atoms with van der Waals surface area (Å²) in [4.78, 5) is 3.90. The number of pyridine rings is 1. The number of hydrogen-bond donors (Lipinski definition) is 1. The Kier molecular flexibility index (Phi) is 3.65. The lowest BCUT2D eigenvalue weighted by atomic mass is 9.83. The van der Waals surface area contributed by atoms with Crippen LogP contribution in [0.4, 0.5) is 13.2 Å². The molecule has 0 aromatic carbocycles. The van der Waals surface area contributed by atoms with Crippen LogP contribution < -0.4 is 0 Å². The summed E-state index contributed by atoms with van der Waals surface area (Å²) < 4.78 is 41.2. The van der Waals surface area contributed by atoms with E-state index >= 15 is 0 Å². The minimum Gasteiger partial charge on any atom is -0.387 e. The summed E-state index contributed by atoms with van der Waals surface area (Å²) >= 11 is 0. The van der Waals surface area contributed by atoms with E-state index in [-0.39, 0.29) is 11.6 Å². The van der Waals surface area contributed by atoms with E-state index < -0.39 is 17.8 Å². The molecule has 1 aliphatic carbocycles. The zero-order valence-corrected chi connectivity index (χ0v) is 11.5. The monoisotopic (exact) mass is 298 g/mol. The molecule has 1 N–H and O–H groups in total. The molecule has 0 amide bonds. The summed E-state index contributed by atoms with van der Waals surface area (Å²) in [5.41, 5.74) is -0.289. The van der Waals surface area contributed by atoms with E-state index in [1.54, 1.807) is 0 Å². The normalized spacial score (nSPS) is 19.0. The third-order valence-corrected chi connectivity index (χ3v) is 4.31. The summed E-state index contributed by atoms with van der Waals surface area (Å²) in [6.07, 6.45) is 1.79. The van der Waals surface area contributed by atoms with Gasteiger partial charge in [0.25, 0.3) is 0 Å². The molecule has 1 fully saturated rings. The molecule has 0 radical (unpaired) electrons. The van der Waals surface area contributed by atoms with Crippen molar-refractivity contribution in [2.24, 2.45) is 5.92 Å². The lowest BCUT2D eigenvalue weighted by Gasteiger charge is -2.29. The molecule has 0 spiro atoms. The molecule has 2 aromatic rings. The third kappa shape index (κ3) is 2.64. The molecule has 0 bridgehead atoms. The van der Waals surface area contributed by atoms with Gasteiger partial charge < -0.3 is 5.11 Å². The maximum absolute atomic E-state index is 13.3. The van der Waals surface area contributed by atoms with Crippen LogP contribution in [0.2, 0.25) is 0 Å². The van der Waals surface area contributed by atoms with Crippen molar-refractivity contribution < 1.29 is 18.3 Å². The lowest BCUT2D eigenvalue weighted by Crippen LogP contribution is -2.22. The Morgan fingerprint density at radius 1 is 1.19 bits per heavy atom. The van der Waals surface area contributed by atoms with Crippen molar-refractivity contribution in [1.29, 1.82) is 0 Å². The standard InChI is InChI=1S/C15H17F3N2O/c16-15(17,18)12-7-6-11-8-19-9-20(11)13(12)14(21)10-4-2-1-3-5-10/h6-10,14,21H,1-5H2. The first-order valence-corrected chi connectivity index (χ1v) is 7.18. The van der Waals surface area contributed by atoms with E-state index in [4.69, 9.17) is 0 Å². The van der Waals surface area contributed by atoms with Gasteiger partial charge in [0, 0.05) is 0 Å². The molecule has 1 saturated carbocycles. The Labute approximate surface area is 120 Å². The molecular weight excluding hydrogens is 281 g/mol. The van der Waals surface area contributed by atoms with Crippen LogP contribution >= 0.6 is 0 Å². The van der Waals surface area contributed by atoms with E-state index in [0.717, 1.165) is 38.2 Å². The van der Waals surface area contributed by atoms with Crippen LogP contribution in [0.1, 0.15) is 49.5 Å². The van der Waals surface area contributed by atoms with Crippen LogP contribution in [0, 0.1) is 5.92 Å². The van der Waals surface area contributed by atoms with Crippen LogP contribution in [-0.2, 0) is 6.18 Å². The fourth-order valence-electron chi connectivity index (χ4n) is 3.23. The molecule has 1 aliphatic rings. The summed E-state index contributed by atoms with van der Waals surface area (Å²) in [5.74, 6) is -0.118. The van der Waals surface area contributed by atoms with Gasteiger partial charge in [0.2, 0.25) is 0 Å². The minimum atomic E-state index is -4.48. The van der Waals surface area contributed by atoms with Crippen molar-refractivity contribution in [2.75, 3.05) is 0 Å². The van der Waals surface area contributed by atoms with E-state index in [1.165, 1.54) is 23.0 Å². The molecule has 0 aliphatic heterocycles. The van der Waals surface area contributed by atoms with Gasteiger partial charge in [0.1, 0.15) is 0 Å². The van der Waals surface area contributed by atoms with Gasteiger partial charge in [-0.2, -0.15) is 13.2 Å². The highest BCUT2D eigenvalue weighted by atomic mass is 19.4. The van der Waals surface area contributed by atoms with E-state index in [9.17, 15) is 18.3 Å². The quantitative estimate of drug-likeness (QED) is 0.911. The van der Waals surface area contributed by atoms with Gasteiger partial charge in [-0.1, -0.05) is 19.3 Å². The van der Waals surface area contributed by atoms with Crippen molar-refractivity contribution in [3.63, 3.8) is 0 Å². The Morgan fingerprint density at radius 3 is 2.57 bits per heavy atom. The lowest BCUT2D eigenvalue weighted by molar-refractivity contribution is -0.140. The van der Waals surface area contributed by atoms with E-state index in [1.807, 2.05) is 0 Å². The maximum Gasteiger partial charge on any atom is 0.418 e. The number of aliphatic hydroxyl groups excluding tert-OH is 1. The van der Waals surface area contributed by atoms with Gasteiger partial charge in [-0.25, -0.2) is 4.98 Å². The predicted octanol–water partition coefficient (Wildman–Crippen LogP) is 3.97. The SMILES string of the molecule is OC(c1c(C(F)(F)F)ccc2cncn12)C1CCCCC1. The molecule has 1 atom stereocenters. The Balaban J connectivity index is 2.11. The molecule has 6 heteroatoms. The Morgan fingerprint density at radius 2 is 1.90 bits per heavy atom.